The van der Waals surface area contributed by atoms with Crippen molar-refractivity contribution in [2.45, 2.75) is 52.0 Å². The molecule has 0 spiro atoms. The number of amides is 1. The summed E-state index contributed by atoms with van der Waals surface area (Å²) < 4.78 is 27.0. The molecule has 10 heteroatoms. The van der Waals surface area contributed by atoms with Crippen LogP contribution in [0, 0.1) is 11.2 Å². The molecule has 0 radical (unpaired) electrons. The molecule has 0 atom stereocenters. The summed E-state index contributed by atoms with van der Waals surface area (Å²) in [5, 5.41) is 11.9. The van der Waals surface area contributed by atoms with Gasteiger partial charge in [-0.2, -0.15) is 9.97 Å². The highest BCUT2D eigenvalue weighted by atomic mass is 19.1. The van der Waals surface area contributed by atoms with E-state index in [4.69, 9.17) is 19.4 Å². The lowest BCUT2D eigenvalue weighted by Crippen LogP contribution is -2.32. The topological polar surface area (TPSA) is 91.3 Å². The second-order valence-corrected chi connectivity index (χ2v) is 12.2. The maximum atomic E-state index is 14.9. The van der Waals surface area contributed by atoms with Crippen LogP contribution in [0.3, 0.4) is 0 Å². The number of fused-ring (bicyclic) bond motifs is 2. The number of carbonyl (C=O) groups excluding carboxylic acids is 1. The van der Waals surface area contributed by atoms with Crippen LogP contribution in [-0.2, 0) is 17.7 Å². The molecule has 0 bridgehead atoms. The number of anilines is 2. The zero-order chi connectivity index (χ0) is 28.8. The number of halogens is 1. The zero-order valence-electron chi connectivity index (χ0n) is 24.2. The molecule has 4 heterocycles. The van der Waals surface area contributed by atoms with E-state index < -0.39 is 0 Å². The van der Waals surface area contributed by atoms with Crippen LogP contribution >= 0.6 is 0 Å². The van der Waals surface area contributed by atoms with Crippen molar-refractivity contribution in [1.29, 1.82) is 0 Å². The number of hydrogen-bond acceptors (Lipinski definition) is 8. The Labute approximate surface area is 245 Å². The lowest BCUT2D eigenvalue weighted by Gasteiger charge is -2.25. The summed E-state index contributed by atoms with van der Waals surface area (Å²) in [6, 6.07) is 6.50. The van der Waals surface area contributed by atoms with Gasteiger partial charge in [-0.3, -0.25) is 4.79 Å². The third-order valence-electron chi connectivity index (χ3n) is 9.23. The fraction of sp³-hybridized carbons (Fsp3) is 0.531. The van der Waals surface area contributed by atoms with E-state index in [1.54, 1.807) is 23.1 Å². The summed E-state index contributed by atoms with van der Waals surface area (Å²) >= 11 is 0. The molecule has 1 amide bonds. The van der Waals surface area contributed by atoms with Crippen molar-refractivity contribution in [3.63, 3.8) is 0 Å². The minimum atomic E-state index is -0.329. The Morgan fingerprint density at radius 3 is 2.69 bits per heavy atom. The molecule has 42 heavy (non-hydrogen) atoms. The summed E-state index contributed by atoms with van der Waals surface area (Å²) in [5.41, 5.74) is 2.15. The van der Waals surface area contributed by atoms with Gasteiger partial charge in [0.25, 0.3) is 5.91 Å². The van der Waals surface area contributed by atoms with Gasteiger partial charge in [-0.05, 0) is 74.7 Å². The Hall–Kier alpha value is -3.50. The number of aromatic nitrogens is 2. The largest absolute Gasteiger partial charge is 0.508 e. The predicted molar refractivity (Wildman–Crippen MR) is 158 cm³/mol. The Kier molecular flexibility index (Phi) is 7.14. The molecule has 1 aromatic heterocycles. The number of likely N-dealkylation sites (tertiary alicyclic amines) is 1. The molecule has 1 saturated carbocycles. The Balaban J connectivity index is 1.25. The van der Waals surface area contributed by atoms with Crippen molar-refractivity contribution < 1.29 is 23.8 Å². The second kappa shape index (κ2) is 11.0. The van der Waals surface area contributed by atoms with E-state index in [-0.39, 0.29) is 35.4 Å². The van der Waals surface area contributed by atoms with Crippen molar-refractivity contribution in [3.8, 4) is 11.8 Å². The third kappa shape index (κ3) is 5.04. The van der Waals surface area contributed by atoms with Crippen molar-refractivity contribution in [1.82, 2.24) is 14.9 Å². The molecule has 2 aromatic carbocycles. The highest BCUT2D eigenvalue weighted by Crippen LogP contribution is 2.47. The quantitative estimate of drug-likeness (QED) is 0.414. The van der Waals surface area contributed by atoms with E-state index >= 15 is 0 Å². The number of rotatable bonds is 8. The average Bonchev–Trinajstić information content (AvgIpc) is 3.54. The maximum absolute atomic E-state index is 14.9. The third-order valence-corrected chi connectivity index (χ3v) is 9.23. The smallest absolute Gasteiger partial charge is 0.318 e. The fourth-order valence-corrected chi connectivity index (χ4v) is 6.80. The lowest BCUT2D eigenvalue weighted by molar-refractivity contribution is 0.0996. The van der Waals surface area contributed by atoms with E-state index in [1.807, 2.05) is 6.92 Å². The molecule has 2 saturated heterocycles. The molecule has 3 aromatic rings. The van der Waals surface area contributed by atoms with Gasteiger partial charge in [-0.15, -0.1) is 0 Å². The van der Waals surface area contributed by atoms with Crippen LogP contribution < -0.4 is 14.5 Å². The fourth-order valence-electron chi connectivity index (χ4n) is 6.80. The van der Waals surface area contributed by atoms with Crippen LogP contribution in [-0.4, -0.2) is 78.4 Å². The highest BCUT2D eigenvalue weighted by Gasteiger charge is 2.45. The van der Waals surface area contributed by atoms with Gasteiger partial charge in [-0.1, -0.05) is 13.0 Å². The van der Waals surface area contributed by atoms with Crippen molar-refractivity contribution >= 4 is 28.2 Å². The van der Waals surface area contributed by atoms with Crippen LogP contribution in [0.25, 0.3) is 10.8 Å². The lowest BCUT2D eigenvalue weighted by atomic mass is 9.99. The van der Waals surface area contributed by atoms with Crippen LogP contribution in [0.2, 0.25) is 0 Å². The summed E-state index contributed by atoms with van der Waals surface area (Å²) in [6.07, 6.45) is 6.07. The number of nitrogens with zero attached hydrogens (tertiary/aromatic N) is 5. The summed E-state index contributed by atoms with van der Waals surface area (Å²) in [5.74, 6) is -0.0150. The van der Waals surface area contributed by atoms with Crippen LogP contribution in [0.5, 0.6) is 11.8 Å². The predicted octanol–water partition coefficient (Wildman–Crippen LogP) is 4.68. The normalized spacial score (nSPS) is 20.3. The van der Waals surface area contributed by atoms with E-state index in [0.717, 1.165) is 38.9 Å². The molecule has 1 N–H and O–H groups in total. The second-order valence-electron chi connectivity index (χ2n) is 12.2. The van der Waals surface area contributed by atoms with E-state index in [1.165, 1.54) is 18.9 Å². The van der Waals surface area contributed by atoms with Gasteiger partial charge < -0.3 is 29.3 Å². The van der Waals surface area contributed by atoms with Crippen LogP contribution in [0.15, 0.2) is 24.3 Å². The number of aromatic hydroxyl groups is 1. The first-order valence-corrected chi connectivity index (χ1v) is 15.3. The highest BCUT2D eigenvalue weighted by molar-refractivity contribution is 6.16. The van der Waals surface area contributed by atoms with Gasteiger partial charge in [0.05, 0.1) is 31.1 Å². The Morgan fingerprint density at radius 2 is 1.90 bits per heavy atom. The molecule has 222 valence electrons. The maximum Gasteiger partial charge on any atom is 0.318 e. The van der Waals surface area contributed by atoms with Gasteiger partial charge in [0.15, 0.2) is 0 Å². The number of carbonyl (C=O) groups is 1. The number of aryl methyl sites for hydroxylation is 1. The minimum absolute atomic E-state index is 0.0163. The Morgan fingerprint density at radius 1 is 1.07 bits per heavy atom. The molecular formula is C32H38FN5O4. The molecule has 7 rings (SSSR count). The summed E-state index contributed by atoms with van der Waals surface area (Å²) in [7, 11) is 0. The van der Waals surface area contributed by atoms with E-state index in [2.05, 4.69) is 9.80 Å². The summed E-state index contributed by atoms with van der Waals surface area (Å²) in [4.78, 5) is 30.0. The molecule has 1 aliphatic carbocycles. The van der Waals surface area contributed by atoms with Gasteiger partial charge >= 0.3 is 6.01 Å². The van der Waals surface area contributed by atoms with Crippen LogP contribution in [0.1, 0.15) is 60.6 Å². The minimum Gasteiger partial charge on any atom is -0.508 e. The van der Waals surface area contributed by atoms with Gasteiger partial charge in [0.2, 0.25) is 0 Å². The van der Waals surface area contributed by atoms with Gasteiger partial charge in [0.1, 0.15) is 22.9 Å². The van der Waals surface area contributed by atoms with Crippen molar-refractivity contribution in [3.05, 3.63) is 46.9 Å². The molecule has 4 aliphatic rings. The van der Waals surface area contributed by atoms with Crippen molar-refractivity contribution in [2.24, 2.45) is 5.41 Å². The monoisotopic (exact) mass is 575 g/mol. The van der Waals surface area contributed by atoms with E-state index in [0.29, 0.717) is 78.4 Å². The van der Waals surface area contributed by atoms with Crippen molar-refractivity contribution in [2.75, 3.05) is 62.3 Å². The number of ether oxygens (including phenoxy) is 2. The van der Waals surface area contributed by atoms with E-state index in [9.17, 15) is 14.3 Å². The number of phenols is 1. The van der Waals surface area contributed by atoms with Gasteiger partial charge in [-0.25, -0.2) is 4.39 Å². The number of phenolic OH excluding ortho intramolecular Hbond substituents is 1. The molecule has 3 fully saturated rings. The molecule has 9 nitrogen and oxygen atoms in total. The first kappa shape index (κ1) is 27.3. The zero-order valence-corrected chi connectivity index (χ0v) is 24.2. The SMILES string of the molecule is CCc1c(F)ccc2cc(O)cc(N3Cc4nc(OCC5(CN6CCCC6)CC5)nc(N5CCCOCC5)c4C3=O)c12. The molecular weight excluding hydrogens is 537 g/mol. The molecule has 3 aliphatic heterocycles. The van der Waals surface area contributed by atoms with Crippen LogP contribution in [0.4, 0.5) is 15.9 Å². The Bertz CT molecular complexity index is 1510. The first-order chi connectivity index (χ1) is 20.4. The standard InChI is InChI=1S/C32H38FN5O4/c1-2-23-24(33)7-6-21-16-22(39)17-26(27(21)23)38-18-25-28(30(38)40)29(37-12-5-14-41-15-13-37)35-31(34-25)42-20-32(8-9-32)19-36-10-3-4-11-36/h6-7,16-17,39H,2-5,8-15,18-20H2,1H3. The first-order valence-electron chi connectivity index (χ1n) is 15.3. The number of hydrogen-bond donors (Lipinski definition) is 1. The average molecular weight is 576 g/mol. The number of benzene rings is 2. The van der Waals surface area contributed by atoms with Gasteiger partial charge in [0, 0.05) is 43.1 Å². The molecule has 0 unspecified atom stereocenters. The summed E-state index contributed by atoms with van der Waals surface area (Å²) in [6.45, 7) is 8.49.